The topological polar surface area (TPSA) is 156 Å². The van der Waals surface area contributed by atoms with Crippen LogP contribution in [0, 0.1) is 0 Å². The molecule has 2 rings (SSSR count). The lowest BCUT2D eigenvalue weighted by molar-refractivity contribution is -0.134. The van der Waals surface area contributed by atoms with E-state index in [0.717, 1.165) is 6.54 Å². The van der Waals surface area contributed by atoms with Gasteiger partial charge in [-0.1, -0.05) is 36.8 Å². The van der Waals surface area contributed by atoms with Gasteiger partial charge in [-0.05, 0) is 58.6 Å². The summed E-state index contributed by atoms with van der Waals surface area (Å²) in [7, 11) is 4.33. The van der Waals surface area contributed by atoms with Crippen molar-refractivity contribution in [1.29, 1.82) is 0 Å². The molecule has 1 unspecified atom stereocenters. The van der Waals surface area contributed by atoms with Crippen molar-refractivity contribution in [3.8, 4) is 0 Å². The molecule has 0 amide bonds. The molecule has 1 atom stereocenters. The molecule has 10 nitrogen and oxygen atoms in total. The second kappa shape index (κ2) is 18.0. The lowest BCUT2D eigenvalue weighted by Crippen LogP contribution is -2.35. The van der Waals surface area contributed by atoms with Crippen LogP contribution in [0.15, 0.2) is 54.6 Å². The fraction of sp³-hybridized carbons (Fsp3) is 0.417. The normalized spacial score (nSPS) is 14.6. The number of hydrogen-bond acceptors (Lipinski definition) is 6. The number of hydrogen-bond donors (Lipinski definition) is 4. The number of nitrogens with zero attached hydrogens (tertiary/aromatic N) is 2. The highest BCUT2D eigenvalue weighted by Crippen LogP contribution is 2.27. The molecule has 4 N–H and O–H groups in total. The molecule has 1 aliphatic rings. The Balaban J connectivity index is 0.000000570. The number of carbonyl (C=O) groups is 4. The van der Waals surface area contributed by atoms with E-state index in [0.29, 0.717) is 30.3 Å². The van der Waals surface area contributed by atoms with Crippen LogP contribution in [-0.4, -0.2) is 87.8 Å². The van der Waals surface area contributed by atoms with E-state index < -0.39 is 23.9 Å². The van der Waals surface area contributed by atoms with Gasteiger partial charge >= 0.3 is 23.9 Å². The molecular formula is C24H34N2O8. The van der Waals surface area contributed by atoms with Crippen LogP contribution in [0.2, 0.25) is 0 Å². The quantitative estimate of drug-likeness (QED) is 0.389. The first-order valence-corrected chi connectivity index (χ1v) is 10.7. The molecule has 1 aromatic rings. The molecule has 10 heteroatoms. The zero-order valence-corrected chi connectivity index (χ0v) is 19.5. The lowest BCUT2D eigenvalue weighted by atomic mass is 9.99. The van der Waals surface area contributed by atoms with Gasteiger partial charge in [0.15, 0.2) is 0 Å². The molecule has 1 aliphatic heterocycles. The first kappa shape index (κ1) is 30.5. The van der Waals surface area contributed by atoms with E-state index in [9.17, 15) is 19.2 Å². The number of rotatable bonds is 9. The Bertz CT molecular complexity index is 750. The van der Waals surface area contributed by atoms with E-state index in [2.05, 4.69) is 54.2 Å². The Kier molecular flexibility index (Phi) is 16.1. The van der Waals surface area contributed by atoms with Gasteiger partial charge in [-0.25, -0.2) is 19.2 Å². The van der Waals surface area contributed by atoms with Crippen LogP contribution in [-0.2, 0) is 19.2 Å². The van der Waals surface area contributed by atoms with Gasteiger partial charge in [0.1, 0.15) is 0 Å². The Morgan fingerprint density at radius 3 is 1.56 bits per heavy atom. The van der Waals surface area contributed by atoms with Crippen LogP contribution in [0.5, 0.6) is 0 Å². The number of benzene rings is 1. The summed E-state index contributed by atoms with van der Waals surface area (Å²) in [6.45, 7) is 3.70. The fourth-order valence-electron chi connectivity index (χ4n) is 3.13. The van der Waals surface area contributed by atoms with Crippen molar-refractivity contribution in [2.45, 2.75) is 31.7 Å². The largest absolute Gasteiger partial charge is 0.478 e. The number of carboxylic acids is 4. The van der Waals surface area contributed by atoms with Gasteiger partial charge in [0.2, 0.25) is 0 Å². The third-order valence-electron chi connectivity index (χ3n) is 4.60. The Morgan fingerprint density at radius 1 is 0.794 bits per heavy atom. The van der Waals surface area contributed by atoms with Crippen LogP contribution in [0.25, 0.3) is 0 Å². The number of likely N-dealkylation sites (tertiary alicyclic amines) is 1. The second-order valence-electron chi connectivity index (χ2n) is 7.63. The third-order valence-corrected chi connectivity index (χ3v) is 4.60. The van der Waals surface area contributed by atoms with Gasteiger partial charge in [-0.3, -0.25) is 4.90 Å². The van der Waals surface area contributed by atoms with Crippen LogP contribution in [0.4, 0.5) is 0 Å². The molecule has 1 fully saturated rings. The fourth-order valence-corrected chi connectivity index (χ4v) is 3.13. The molecule has 0 aliphatic carbocycles. The van der Waals surface area contributed by atoms with Crippen molar-refractivity contribution in [1.82, 2.24) is 9.80 Å². The van der Waals surface area contributed by atoms with Crippen molar-refractivity contribution < 1.29 is 39.6 Å². The maximum atomic E-state index is 9.55. The molecular weight excluding hydrogens is 444 g/mol. The minimum atomic E-state index is -1.26. The van der Waals surface area contributed by atoms with Crippen LogP contribution in [0.1, 0.15) is 37.3 Å². The Hall–Kier alpha value is -3.50. The van der Waals surface area contributed by atoms with Crippen molar-refractivity contribution >= 4 is 23.9 Å². The standard InChI is InChI=1S/C16H26N2.2C4H4O4/c1-17(2)14-11-16(15-9-5-3-6-10-15)18-12-7-4-8-13-18;2*5-3(6)1-2-4(7)8/h3,5-6,9-10,16H,4,7-8,11-14H2,1-2H3;2*1-2H,(H,5,6)(H,7,8). The van der Waals surface area contributed by atoms with Gasteiger partial charge in [0, 0.05) is 30.3 Å². The van der Waals surface area contributed by atoms with Gasteiger partial charge in [0.25, 0.3) is 0 Å². The molecule has 0 saturated carbocycles. The first-order chi connectivity index (χ1) is 16.0. The lowest BCUT2D eigenvalue weighted by Gasteiger charge is -2.35. The Labute approximate surface area is 199 Å². The van der Waals surface area contributed by atoms with E-state index in [1.54, 1.807) is 0 Å². The van der Waals surface area contributed by atoms with Gasteiger partial charge in [-0.15, -0.1) is 0 Å². The summed E-state index contributed by atoms with van der Waals surface area (Å²) in [4.78, 5) is 43.2. The highest BCUT2D eigenvalue weighted by molar-refractivity contribution is 5.90. The van der Waals surface area contributed by atoms with Crippen LogP contribution in [0.3, 0.4) is 0 Å². The first-order valence-electron chi connectivity index (χ1n) is 10.7. The average Bonchev–Trinajstić information content (AvgIpc) is 2.78. The molecule has 188 valence electrons. The molecule has 0 spiro atoms. The monoisotopic (exact) mass is 478 g/mol. The van der Waals surface area contributed by atoms with E-state index in [1.165, 1.54) is 44.3 Å². The maximum absolute atomic E-state index is 9.55. The second-order valence-corrected chi connectivity index (χ2v) is 7.63. The molecule has 1 aromatic carbocycles. The molecule has 0 bridgehead atoms. The summed E-state index contributed by atoms with van der Waals surface area (Å²) in [6, 6.07) is 11.6. The SMILES string of the molecule is CN(C)CCC(c1ccccc1)N1CCCCC1.O=C(O)C=CC(=O)O.O=C(O)C=CC(=O)O. The zero-order valence-electron chi connectivity index (χ0n) is 19.5. The predicted molar refractivity (Wildman–Crippen MR) is 127 cm³/mol. The van der Waals surface area contributed by atoms with E-state index in [4.69, 9.17) is 20.4 Å². The van der Waals surface area contributed by atoms with Crippen LogP contribution >= 0.6 is 0 Å². The number of aliphatic carboxylic acids is 4. The molecule has 34 heavy (non-hydrogen) atoms. The van der Waals surface area contributed by atoms with Crippen LogP contribution < -0.4 is 0 Å². The summed E-state index contributed by atoms with van der Waals surface area (Å²) < 4.78 is 0. The molecule has 0 radical (unpaired) electrons. The Morgan fingerprint density at radius 2 is 1.21 bits per heavy atom. The summed E-state index contributed by atoms with van der Waals surface area (Å²) >= 11 is 0. The smallest absolute Gasteiger partial charge is 0.328 e. The van der Waals surface area contributed by atoms with Crippen molar-refractivity contribution in [2.24, 2.45) is 0 Å². The van der Waals surface area contributed by atoms with E-state index in [-0.39, 0.29) is 0 Å². The van der Waals surface area contributed by atoms with E-state index >= 15 is 0 Å². The van der Waals surface area contributed by atoms with E-state index in [1.807, 2.05) is 0 Å². The highest BCUT2D eigenvalue weighted by Gasteiger charge is 2.21. The average molecular weight is 479 g/mol. The summed E-state index contributed by atoms with van der Waals surface area (Å²) in [5.41, 5.74) is 1.49. The zero-order chi connectivity index (χ0) is 25.9. The summed E-state index contributed by atoms with van der Waals surface area (Å²) in [5.74, 6) is -5.03. The molecule has 0 aromatic heterocycles. The highest BCUT2D eigenvalue weighted by atomic mass is 16.4. The van der Waals surface area contributed by atoms with Crippen molar-refractivity contribution in [2.75, 3.05) is 33.7 Å². The van der Waals surface area contributed by atoms with Crippen molar-refractivity contribution in [3.63, 3.8) is 0 Å². The number of carboxylic acid groups (broad SMARTS) is 4. The van der Waals surface area contributed by atoms with Gasteiger partial charge in [0.05, 0.1) is 0 Å². The number of piperidine rings is 1. The predicted octanol–water partition coefficient (Wildman–Crippen LogP) is 2.59. The minimum Gasteiger partial charge on any atom is -0.478 e. The van der Waals surface area contributed by atoms with Crippen molar-refractivity contribution in [3.05, 3.63) is 60.2 Å². The molecule has 1 saturated heterocycles. The maximum Gasteiger partial charge on any atom is 0.328 e. The minimum absolute atomic E-state index is 0.558. The summed E-state index contributed by atoms with van der Waals surface area (Å²) in [6.07, 6.45) is 7.61. The van der Waals surface area contributed by atoms with Gasteiger partial charge < -0.3 is 25.3 Å². The molecule has 1 heterocycles. The van der Waals surface area contributed by atoms with Gasteiger partial charge in [-0.2, -0.15) is 0 Å². The third kappa shape index (κ3) is 17.1. The summed E-state index contributed by atoms with van der Waals surface area (Å²) in [5, 5.41) is 31.2.